The van der Waals surface area contributed by atoms with Gasteiger partial charge in [0.1, 0.15) is 0 Å². The number of aliphatic carboxylic acids is 1. The maximum Gasteiger partial charge on any atom is 0.303 e. The Balaban J connectivity index is 2.06. The van der Waals surface area contributed by atoms with Crippen molar-refractivity contribution in [2.24, 2.45) is 5.92 Å². The van der Waals surface area contributed by atoms with Gasteiger partial charge in [0.15, 0.2) is 0 Å². The molecule has 0 saturated heterocycles. The summed E-state index contributed by atoms with van der Waals surface area (Å²) >= 11 is 0. The van der Waals surface area contributed by atoms with Gasteiger partial charge in [-0.2, -0.15) is 0 Å². The summed E-state index contributed by atoms with van der Waals surface area (Å²) in [6.07, 6.45) is 7.25. The van der Waals surface area contributed by atoms with E-state index in [2.05, 4.69) is 5.32 Å². The van der Waals surface area contributed by atoms with Crippen molar-refractivity contribution in [2.75, 3.05) is 13.6 Å². The molecule has 28 heavy (non-hydrogen) atoms. The summed E-state index contributed by atoms with van der Waals surface area (Å²) in [6, 6.07) is 6.55. The van der Waals surface area contributed by atoms with E-state index in [1.165, 1.54) is 19.3 Å². The number of nitrogens with one attached hydrogen (secondary N) is 1. The van der Waals surface area contributed by atoms with Crippen LogP contribution in [0.4, 0.5) is 0 Å². The number of carboxylic acid groups (broad SMARTS) is 1. The number of carboxylic acids is 1. The lowest BCUT2D eigenvalue weighted by Crippen LogP contribution is -2.37. The third kappa shape index (κ3) is 6.66. The lowest BCUT2D eigenvalue weighted by atomic mass is 9.84. The Morgan fingerprint density at radius 1 is 1.18 bits per heavy atom. The van der Waals surface area contributed by atoms with Crippen molar-refractivity contribution < 1.29 is 19.5 Å². The molecule has 0 aliphatic heterocycles. The van der Waals surface area contributed by atoms with E-state index in [0.29, 0.717) is 30.0 Å². The molecule has 2 N–H and O–H groups in total. The standard InChI is InChI=1S/C22H32N2O4/c1-3-24(2)22(28)18-11-7-10-17(15-18)21(27)23-19(12-13-20(25)26)14-16-8-5-4-6-9-16/h7,10-11,15-16,19H,3-6,8-9,12-14H2,1-2H3,(H,23,27)(H,25,26). The number of hydrogen-bond donors (Lipinski definition) is 2. The highest BCUT2D eigenvalue weighted by molar-refractivity contribution is 5.99. The molecule has 0 spiro atoms. The summed E-state index contributed by atoms with van der Waals surface area (Å²) in [5.74, 6) is -0.682. The Bertz CT molecular complexity index is 683. The molecule has 1 fully saturated rings. The van der Waals surface area contributed by atoms with Gasteiger partial charge in [-0.15, -0.1) is 0 Å². The molecular weight excluding hydrogens is 356 g/mol. The van der Waals surface area contributed by atoms with Crippen LogP contribution in [-0.2, 0) is 4.79 Å². The lowest BCUT2D eigenvalue weighted by Gasteiger charge is -2.27. The summed E-state index contributed by atoms with van der Waals surface area (Å²) in [6.45, 7) is 2.49. The van der Waals surface area contributed by atoms with Crippen molar-refractivity contribution >= 4 is 17.8 Å². The van der Waals surface area contributed by atoms with Gasteiger partial charge in [-0.25, -0.2) is 0 Å². The predicted octanol–water partition coefficient (Wildman–Crippen LogP) is 3.71. The Kier molecular flexibility index (Phi) is 8.48. The monoisotopic (exact) mass is 388 g/mol. The summed E-state index contributed by atoms with van der Waals surface area (Å²) < 4.78 is 0. The van der Waals surface area contributed by atoms with E-state index < -0.39 is 5.97 Å². The fourth-order valence-electron chi connectivity index (χ4n) is 3.80. The number of hydrogen-bond acceptors (Lipinski definition) is 3. The predicted molar refractivity (Wildman–Crippen MR) is 108 cm³/mol. The van der Waals surface area contributed by atoms with Crippen LogP contribution in [0.15, 0.2) is 24.3 Å². The largest absolute Gasteiger partial charge is 0.481 e. The fourth-order valence-corrected chi connectivity index (χ4v) is 3.80. The zero-order valence-corrected chi connectivity index (χ0v) is 16.9. The van der Waals surface area contributed by atoms with Crippen molar-refractivity contribution in [3.8, 4) is 0 Å². The van der Waals surface area contributed by atoms with Gasteiger partial charge >= 0.3 is 5.97 Å². The van der Waals surface area contributed by atoms with Crippen LogP contribution in [0, 0.1) is 5.92 Å². The molecule has 1 aliphatic carbocycles. The highest BCUT2D eigenvalue weighted by atomic mass is 16.4. The zero-order valence-electron chi connectivity index (χ0n) is 16.9. The lowest BCUT2D eigenvalue weighted by molar-refractivity contribution is -0.137. The van der Waals surface area contributed by atoms with Crippen LogP contribution in [0.2, 0.25) is 0 Å². The fraction of sp³-hybridized carbons (Fsp3) is 0.591. The number of carbonyl (C=O) groups is 3. The van der Waals surface area contributed by atoms with Gasteiger partial charge in [-0.1, -0.05) is 38.2 Å². The second-order valence-corrected chi connectivity index (χ2v) is 7.74. The topological polar surface area (TPSA) is 86.7 Å². The van der Waals surface area contributed by atoms with E-state index in [0.717, 1.165) is 19.3 Å². The van der Waals surface area contributed by atoms with Gasteiger partial charge < -0.3 is 15.3 Å². The first kappa shape index (κ1) is 21.9. The quantitative estimate of drug-likeness (QED) is 0.675. The minimum absolute atomic E-state index is 0.0392. The van der Waals surface area contributed by atoms with E-state index >= 15 is 0 Å². The van der Waals surface area contributed by atoms with Gasteiger partial charge in [0, 0.05) is 37.2 Å². The average molecular weight is 389 g/mol. The smallest absolute Gasteiger partial charge is 0.303 e. The Morgan fingerprint density at radius 3 is 2.50 bits per heavy atom. The first-order valence-corrected chi connectivity index (χ1v) is 10.3. The molecule has 0 radical (unpaired) electrons. The molecule has 1 atom stereocenters. The average Bonchev–Trinajstić information content (AvgIpc) is 2.71. The maximum atomic E-state index is 12.8. The summed E-state index contributed by atoms with van der Waals surface area (Å²) in [4.78, 5) is 37.7. The second kappa shape index (κ2) is 10.8. The van der Waals surface area contributed by atoms with Crippen molar-refractivity contribution in [3.05, 3.63) is 35.4 Å². The third-order valence-electron chi connectivity index (χ3n) is 5.58. The normalized spacial score (nSPS) is 15.6. The van der Waals surface area contributed by atoms with E-state index in [-0.39, 0.29) is 24.3 Å². The Morgan fingerprint density at radius 2 is 1.86 bits per heavy atom. The third-order valence-corrected chi connectivity index (χ3v) is 5.58. The Hall–Kier alpha value is -2.37. The molecule has 0 bridgehead atoms. The van der Waals surface area contributed by atoms with E-state index in [9.17, 15) is 14.4 Å². The van der Waals surface area contributed by atoms with Crippen LogP contribution in [-0.4, -0.2) is 47.4 Å². The zero-order chi connectivity index (χ0) is 20.5. The van der Waals surface area contributed by atoms with Crippen molar-refractivity contribution in [1.29, 1.82) is 0 Å². The molecule has 6 nitrogen and oxygen atoms in total. The molecule has 0 heterocycles. The second-order valence-electron chi connectivity index (χ2n) is 7.74. The van der Waals surface area contributed by atoms with Crippen LogP contribution < -0.4 is 5.32 Å². The number of rotatable bonds is 9. The van der Waals surface area contributed by atoms with E-state index in [1.807, 2.05) is 6.92 Å². The molecule has 1 aromatic carbocycles. The van der Waals surface area contributed by atoms with Crippen LogP contribution >= 0.6 is 0 Å². The van der Waals surface area contributed by atoms with Crippen LogP contribution in [0.1, 0.15) is 79.0 Å². The first-order valence-electron chi connectivity index (χ1n) is 10.3. The molecule has 2 rings (SSSR count). The maximum absolute atomic E-state index is 12.8. The minimum Gasteiger partial charge on any atom is -0.481 e. The van der Waals surface area contributed by atoms with Crippen LogP contribution in [0.5, 0.6) is 0 Å². The van der Waals surface area contributed by atoms with Gasteiger partial charge in [-0.3, -0.25) is 14.4 Å². The van der Waals surface area contributed by atoms with Crippen molar-refractivity contribution in [3.63, 3.8) is 0 Å². The molecule has 1 aromatic rings. The van der Waals surface area contributed by atoms with Crippen LogP contribution in [0.25, 0.3) is 0 Å². The summed E-state index contributed by atoms with van der Waals surface area (Å²) in [7, 11) is 1.72. The molecule has 2 amide bonds. The van der Waals surface area contributed by atoms with Crippen molar-refractivity contribution in [2.45, 2.75) is 64.3 Å². The van der Waals surface area contributed by atoms with Gasteiger partial charge in [0.05, 0.1) is 0 Å². The van der Waals surface area contributed by atoms with Crippen molar-refractivity contribution in [1.82, 2.24) is 10.2 Å². The van der Waals surface area contributed by atoms with Gasteiger partial charge in [-0.05, 0) is 43.9 Å². The molecule has 0 aromatic heterocycles. The summed E-state index contributed by atoms with van der Waals surface area (Å²) in [5.41, 5.74) is 0.908. The van der Waals surface area contributed by atoms with E-state index in [4.69, 9.17) is 5.11 Å². The van der Waals surface area contributed by atoms with Gasteiger partial charge in [0.25, 0.3) is 11.8 Å². The molecule has 1 aliphatic rings. The first-order chi connectivity index (χ1) is 13.4. The highest BCUT2D eigenvalue weighted by Gasteiger charge is 2.22. The van der Waals surface area contributed by atoms with E-state index in [1.54, 1.807) is 36.2 Å². The number of benzene rings is 1. The summed E-state index contributed by atoms with van der Waals surface area (Å²) in [5, 5.41) is 12.1. The number of nitrogens with zero attached hydrogens (tertiary/aromatic N) is 1. The van der Waals surface area contributed by atoms with Gasteiger partial charge in [0.2, 0.25) is 0 Å². The number of carbonyl (C=O) groups excluding carboxylic acids is 2. The number of amides is 2. The molecular formula is C22H32N2O4. The SMILES string of the molecule is CCN(C)C(=O)c1cccc(C(=O)NC(CCC(=O)O)CC2CCCCC2)c1. The minimum atomic E-state index is -0.849. The van der Waals surface area contributed by atoms with Crippen LogP contribution in [0.3, 0.4) is 0 Å². The molecule has 1 saturated carbocycles. The molecule has 6 heteroatoms. The highest BCUT2D eigenvalue weighted by Crippen LogP contribution is 2.28. The molecule has 1 unspecified atom stereocenters. The molecule has 154 valence electrons. The Labute approximate surface area is 167 Å².